The fourth-order valence-electron chi connectivity index (χ4n) is 2.80. The number of rotatable bonds is 4. The van der Waals surface area contributed by atoms with Crippen LogP contribution in [0.3, 0.4) is 0 Å². The van der Waals surface area contributed by atoms with Gasteiger partial charge in [-0.25, -0.2) is 4.98 Å². The van der Waals surface area contributed by atoms with Crippen molar-refractivity contribution < 1.29 is 9.59 Å². The first-order valence-corrected chi connectivity index (χ1v) is 7.68. The van der Waals surface area contributed by atoms with Crippen LogP contribution in [0.2, 0.25) is 0 Å². The summed E-state index contributed by atoms with van der Waals surface area (Å²) < 4.78 is 1.87. The van der Waals surface area contributed by atoms with Gasteiger partial charge in [-0.15, -0.1) is 0 Å². The topological polar surface area (TPSA) is 93.8 Å². The Hall–Kier alpha value is -3.67. The number of carbonyl (C=O) groups excluding carboxylic acids is 2. The van der Waals surface area contributed by atoms with Crippen LogP contribution in [0.4, 0.5) is 0 Å². The number of primary amides is 1. The molecule has 0 fully saturated rings. The average Bonchev–Trinajstić information content (AvgIpc) is 3.28. The van der Waals surface area contributed by atoms with Crippen LogP contribution in [0.1, 0.15) is 20.7 Å². The molecule has 0 unspecified atom stereocenters. The summed E-state index contributed by atoms with van der Waals surface area (Å²) in [5.41, 5.74) is 9.57. The maximum atomic E-state index is 11.5. The Labute approximate surface area is 142 Å². The monoisotopic (exact) mass is 330 g/mol. The third-order valence-electron chi connectivity index (χ3n) is 4.07. The van der Waals surface area contributed by atoms with Gasteiger partial charge in [-0.3, -0.25) is 9.59 Å². The van der Waals surface area contributed by atoms with Crippen molar-refractivity contribution in [3.63, 3.8) is 0 Å². The van der Waals surface area contributed by atoms with Gasteiger partial charge in [0.2, 0.25) is 0 Å². The minimum Gasteiger partial charge on any atom is -0.366 e. The maximum Gasteiger partial charge on any atom is 0.250 e. The second kappa shape index (κ2) is 5.76. The molecule has 6 nitrogen and oxygen atoms in total. The van der Waals surface area contributed by atoms with Gasteiger partial charge in [-0.2, -0.15) is 0 Å². The standard InChI is InChI=1S/C19H14N4O2/c20-18(25)15-2-1-3-16-17(15)22-19(21-16)13-4-6-14(7-5-13)23-9-8-12(10-23)11-24/h1-11H,(H2,20,25)(H,21,22). The lowest BCUT2D eigenvalue weighted by Crippen LogP contribution is -2.11. The van der Waals surface area contributed by atoms with E-state index in [1.807, 2.05) is 41.1 Å². The number of nitrogens with two attached hydrogens (primary N) is 1. The largest absolute Gasteiger partial charge is 0.366 e. The van der Waals surface area contributed by atoms with Crippen molar-refractivity contribution in [2.75, 3.05) is 0 Å². The number of fused-ring (bicyclic) bond motifs is 1. The molecule has 0 aliphatic heterocycles. The van der Waals surface area contributed by atoms with Crippen molar-refractivity contribution in [1.29, 1.82) is 0 Å². The summed E-state index contributed by atoms with van der Waals surface area (Å²) in [6.45, 7) is 0. The highest BCUT2D eigenvalue weighted by atomic mass is 16.1. The number of imidazole rings is 1. The molecular weight excluding hydrogens is 316 g/mol. The first kappa shape index (κ1) is 14.9. The molecular formula is C19H14N4O2. The number of nitrogens with one attached hydrogen (secondary N) is 1. The number of H-pyrrole nitrogens is 1. The van der Waals surface area contributed by atoms with Crippen molar-refractivity contribution in [2.45, 2.75) is 0 Å². The first-order chi connectivity index (χ1) is 12.2. The Morgan fingerprint density at radius 3 is 2.60 bits per heavy atom. The van der Waals surface area contributed by atoms with E-state index in [0.29, 0.717) is 22.5 Å². The van der Waals surface area contributed by atoms with Crippen molar-refractivity contribution in [2.24, 2.45) is 5.73 Å². The third kappa shape index (κ3) is 2.59. The summed E-state index contributed by atoms with van der Waals surface area (Å²) >= 11 is 0. The molecule has 1 amide bonds. The van der Waals surface area contributed by atoms with Gasteiger partial charge in [0.05, 0.1) is 11.1 Å². The van der Waals surface area contributed by atoms with Crippen molar-refractivity contribution >= 4 is 23.2 Å². The average molecular weight is 330 g/mol. The van der Waals surface area contributed by atoms with E-state index >= 15 is 0 Å². The molecule has 0 atom stereocenters. The number of aldehydes is 1. The number of hydrogen-bond acceptors (Lipinski definition) is 3. The lowest BCUT2D eigenvalue weighted by atomic mass is 10.2. The quantitative estimate of drug-likeness (QED) is 0.563. The van der Waals surface area contributed by atoms with Crippen LogP contribution in [0, 0.1) is 0 Å². The van der Waals surface area contributed by atoms with Crippen LogP contribution in [-0.2, 0) is 0 Å². The fourth-order valence-corrected chi connectivity index (χ4v) is 2.80. The molecule has 0 saturated heterocycles. The summed E-state index contributed by atoms with van der Waals surface area (Å²) in [4.78, 5) is 30.0. The van der Waals surface area contributed by atoms with Gasteiger partial charge in [0, 0.05) is 29.2 Å². The Morgan fingerprint density at radius 2 is 1.92 bits per heavy atom. The van der Waals surface area contributed by atoms with E-state index in [1.165, 1.54) is 0 Å². The second-order valence-electron chi connectivity index (χ2n) is 5.67. The summed E-state index contributed by atoms with van der Waals surface area (Å²) in [6, 6.07) is 14.8. The van der Waals surface area contributed by atoms with Crippen LogP contribution >= 0.6 is 0 Å². The highest BCUT2D eigenvalue weighted by Gasteiger charge is 2.12. The van der Waals surface area contributed by atoms with Crippen LogP contribution < -0.4 is 5.73 Å². The highest BCUT2D eigenvalue weighted by Crippen LogP contribution is 2.24. The Balaban J connectivity index is 1.72. The van der Waals surface area contributed by atoms with Crippen molar-refractivity contribution in [3.05, 3.63) is 72.1 Å². The predicted molar refractivity (Wildman–Crippen MR) is 94.8 cm³/mol. The molecule has 0 radical (unpaired) electrons. The van der Waals surface area contributed by atoms with Crippen LogP contribution in [0.25, 0.3) is 28.1 Å². The molecule has 4 rings (SSSR count). The number of carbonyl (C=O) groups is 2. The zero-order chi connectivity index (χ0) is 17.4. The summed E-state index contributed by atoms with van der Waals surface area (Å²) in [5.74, 6) is 0.161. The summed E-state index contributed by atoms with van der Waals surface area (Å²) in [6.07, 6.45) is 4.41. The van der Waals surface area contributed by atoms with E-state index in [0.717, 1.165) is 23.1 Å². The number of hydrogen-bond donors (Lipinski definition) is 2. The molecule has 0 spiro atoms. The number of nitrogens with zero attached hydrogens (tertiary/aromatic N) is 2. The van der Waals surface area contributed by atoms with E-state index in [2.05, 4.69) is 9.97 Å². The molecule has 4 aromatic rings. The minimum atomic E-state index is -0.502. The van der Waals surface area contributed by atoms with E-state index in [1.54, 1.807) is 24.4 Å². The van der Waals surface area contributed by atoms with Crippen molar-refractivity contribution in [3.8, 4) is 17.1 Å². The predicted octanol–water partition coefficient (Wildman–Crippen LogP) is 2.93. The molecule has 3 N–H and O–H groups in total. The summed E-state index contributed by atoms with van der Waals surface area (Å²) in [5, 5.41) is 0. The Morgan fingerprint density at radius 1 is 1.12 bits per heavy atom. The SMILES string of the molecule is NC(=O)c1cccc2[nH]c(-c3ccc(-n4ccc(C=O)c4)cc3)nc12. The molecule has 2 heterocycles. The van der Waals surface area contributed by atoms with E-state index in [9.17, 15) is 9.59 Å². The van der Waals surface area contributed by atoms with E-state index in [-0.39, 0.29) is 0 Å². The highest BCUT2D eigenvalue weighted by molar-refractivity contribution is 6.04. The molecule has 0 aliphatic carbocycles. The van der Waals surface area contributed by atoms with Gasteiger partial charge in [0.15, 0.2) is 6.29 Å². The van der Waals surface area contributed by atoms with Gasteiger partial charge in [0.25, 0.3) is 5.91 Å². The van der Waals surface area contributed by atoms with Crippen molar-refractivity contribution in [1.82, 2.24) is 14.5 Å². The number of aromatic nitrogens is 3. The van der Waals surface area contributed by atoms with Gasteiger partial charge < -0.3 is 15.3 Å². The maximum absolute atomic E-state index is 11.5. The molecule has 0 aliphatic rings. The Bertz CT molecular complexity index is 1090. The van der Waals surface area contributed by atoms with Gasteiger partial charge >= 0.3 is 0 Å². The van der Waals surface area contributed by atoms with Crippen LogP contribution in [0.15, 0.2) is 60.9 Å². The molecule has 25 heavy (non-hydrogen) atoms. The zero-order valence-electron chi connectivity index (χ0n) is 13.1. The molecule has 2 aromatic carbocycles. The molecule has 6 heteroatoms. The third-order valence-corrected chi connectivity index (χ3v) is 4.07. The first-order valence-electron chi connectivity index (χ1n) is 7.68. The molecule has 2 aromatic heterocycles. The van der Waals surface area contributed by atoms with Crippen LogP contribution in [-0.4, -0.2) is 26.7 Å². The van der Waals surface area contributed by atoms with E-state index in [4.69, 9.17) is 5.73 Å². The number of para-hydroxylation sites is 1. The number of aromatic amines is 1. The van der Waals surface area contributed by atoms with Gasteiger partial charge in [-0.05, 0) is 42.5 Å². The number of benzene rings is 2. The smallest absolute Gasteiger partial charge is 0.250 e. The second-order valence-corrected chi connectivity index (χ2v) is 5.67. The van der Waals surface area contributed by atoms with Gasteiger partial charge in [0.1, 0.15) is 11.3 Å². The van der Waals surface area contributed by atoms with E-state index < -0.39 is 5.91 Å². The molecule has 0 saturated carbocycles. The van der Waals surface area contributed by atoms with Crippen LogP contribution in [0.5, 0.6) is 0 Å². The minimum absolute atomic E-state index is 0.394. The van der Waals surface area contributed by atoms with Gasteiger partial charge in [-0.1, -0.05) is 6.07 Å². The zero-order valence-corrected chi connectivity index (χ0v) is 13.1. The fraction of sp³-hybridized carbons (Fsp3) is 0. The lowest BCUT2D eigenvalue weighted by Gasteiger charge is -2.03. The Kier molecular flexibility index (Phi) is 3.43. The molecule has 122 valence electrons. The number of amides is 1. The molecule has 0 bridgehead atoms. The normalized spacial score (nSPS) is 10.9. The lowest BCUT2D eigenvalue weighted by molar-refractivity contribution is 0.100. The summed E-state index contributed by atoms with van der Waals surface area (Å²) in [7, 11) is 0.